The van der Waals surface area contributed by atoms with E-state index in [1.165, 1.54) is 17.8 Å². The SMILES string of the molecule is CCCn1c(N2CCN(c3ccccc3F)CC2)c(/C=C2/SC(=S)N(Cc3ccccc3)C2=O)c(C)c(C#N)c1=O. The van der Waals surface area contributed by atoms with Crippen LogP contribution in [0.5, 0.6) is 0 Å². The molecule has 41 heavy (non-hydrogen) atoms. The van der Waals surface area contributed by atoms with Gasteiger partial charge in [-0.15, -0.1) is 0 Å². The molecule has 0 saturated carbocycles. The molecule has 0 aliphatic carbocycles. The van der Waals surface area contributed by atoms with E-state index >= 15 is 0 Å². The zero-order valence-electron chi connectivity index (χ0n) is 23.0. The minimum atomic E-state index is -0.341. The minimum Gasteiger partial charge on any atom is -0.366 e. The Morgan fingerprint density at radius 2 is 1.68 bits per heavy atom. The molecule has 7 nitrogen and oxygen atoms in total. The summed E-state index contributed by atoms with van der Waals surface area (Å²) in [6, 6.07) is 18.5. The Labute approximate surface area is 248 Å². The van der Waals surface area contributed by atoms with Gasteiger partial charge in [-0.2, -0.15) is 5.26 Å². The number of rotatable bonds is 7. The summed E-state index contributed by atoms with van der Waals surface area (Å²) >= 11 is 6.81. The van der Waals surface area contributed by atoms with Crippen LogP contribution in [0.4, 0.5) is 15.9 Å². The van der Waals surface area contributed by atoms with E-state index in [2.05, 4.69) is 11.0 Å². The van der Waals surface area contributed by atoms with Crippen molar-refractivity contribution < 1.29 is 9.18 Å². The second kappa shape index (κ2) is 12.3. The number of thioether (sulfide) groups is 1. The molecule has 2 aliphatic rings. The van der Waals surface area contributed by atoms with Crippen LogP contribution in [0.3, 0.4) is 0 Å². The van der Waals surface area contributed by atoms with Crippen molar-refractivity contribution in [3.8, 4) is 6.07 Å². The van der Waals surface area contributed by atoms with E-state index < -0.39 is 0 Å². The first-order valence-electron chi connectivity index (χ1n) is 13.5. The van der Waals surface area contributed by atoms with Crippen LogP contribution in [0, 0.1) is 24.1 Å². The van der Waals surface area contributed by atoms with Gasteiger partial charge in [-0.3, -0.25) is 19.1 Å². The van der Waals surface area contributed by atoms with Crippen LogP contribution in [0.15, 0.2) is 64.3 Å². The maximum Gasteiger partial charge on any atom is 0.270 e. The Hall–Kier alpha value is -3.94. The van der Waals surface area contributed by atoms with Gasteiger partial charge in [-0.25, -0.2) is 4.39 Å². The van der Waals surface area contributed by atoms with Crippen molar-refractivity contribution >= 4 is 51.8 Å². The van der Waals surface area contributed by atoms with Crippen LogP contribution in [0.1, 0.15) is 35.6 Å². The molecule has 1 amide bonds. The van der Waals surface area contributed by atoms with Crippen molar-refractivity contribution in [2.75, 3.05) is 36.0 Å². The first-order valence-corrected chi connectivity index (χ1v) is 14.8. The van der Waals surface area contributed by atoms with Crippen LogP contribution in [-0.4, -0.2) is 45.9 Å². The average Bonchev–Trinajstić information content (AvgIpc) is 3.24. The number of para-hydroxylation sites is 1. The number of piperazine rings is 1. The third kappa shape index (κ3) is 5.65. The predicted molar refractivity (Wildman–Crippen MR) is 166 cm³/mol. The number of aromatic nitrogens is 1. The van der Waals surface area contributed by atoms with Gasteiger partial charge in [0, 0.05) is 38.3 Å². The first kappa shape index (κ1) is 28.6. The third-order valence-corrected chi connectivity index (χ3v) is 8.78. The molecular formula is C31H30FN5O2S2. The van der Waals surface area contributed by atoms with Crippen molar-refractivity contribution in [3.63, 3.8) is 0 Å². The lowest BCUT2D eigenvalue weighted by Crippen LogP contribution is -2.49. The number of carbonyl (C=O) groups excluding carboxylic acids is 1. The summed E-state index contributed by atoms with van der Waals surface area (Å²) in [5, 5.41) is 9.92. The summed E-state index contributed by atoms with van der Waals surface area (Å²) < 4.78 is 16.6. The number of nitrogens with zero attached hydrogens (tertiary/aromatic N) is 5. The lowest BCUT2D eigenvalue weighted by atomic mass is 10.0. The molecule has 0 unspecified atom stereocenters. The Bertz CT molecular complexity index is 1620. The highest BCUT2D eigenvalue weighted by atomic mass is 32.2. The fraction of sp³-hybridized carbons (Fsp3) is 0.290. The molecule has 0 spiro atoms. The smallest absolute Gasteiger partial charge is 0.270 e. The zero-order chi connectivity index (χ0) is 29.1. The van der Waals surface area contributed by atoms with Crippen molar-refractivity contribution in [3.05, 3.63) is 97.9 Å². The molecule has 2 aromatic carbocycles. The van der Waals surface area contributed by atoms with Crippen LogP contribution >= 0.6 is 24.0 Å². The molecule has 2 aliphatic heterocycles. The van der Waals surface area contributed by atoms with Gasteiger partial charge in [0.15, 0.2) is 0 Å². The average molecular weight is 588 g/mol. The standard InChI is InChI=1S/C31H30FN5O2S2/c1-3-13-36-28(35-16-14-34(15-17-35)26-12-8-7-11-25(26)32)23(21(2)24(19-33)29(36)38)18-27-30(39)37(31(40)41-27)20-22-9-5-4-6-10-22/h4-12,18H,3,13-17,20H2,1-2H3/b27-18+. The third-order valence-electron chi connectivity index (χ3n) is 7.40. The number of carbonyl (C=O) groups is 1. The number of thiocarbonyl (C=S) groups is 1. The zero-order valence-corrected chi connectivity index (χ0v) is 24.6. The highest BCUT2D eigenvalue weighted by molar-refractivity contribution is 8.26. The van der Waals surface area contributed by atoms with E-state index in [1.807, 2.05) is 48.2 Å². The van der Waals surface area contributed by atoms with Gasteiger partial charge < -0.3 is 9.80 Å². The molecule has 0 atom stereocenters. The molecule has 3 aromatic rings. The lowest BCUT2D eigenvalue weighted by Gasteiger charge is -2.39. The Balaban J connectivity index is 1.54. The van der Waals surface area contributed by atoms with E-state index in [1.54, 1.807) is 34.6 Å². The molecule has 210 valence electrons. The van der Waals surface area contributed by atoms with Crippen LogP contribution < -0.4 is 15.4 Å². The molecule has 10 heteroatoms. The van der Waals surface area contributed by atoms with Gasteiger partial charge in [-0.05, 0) is 42.7 Å². The van der Waals surface area contributed by atoms with E-state index in [-0.39, 0.29) is 22.8 Å². The van der Waals surface area contributed by atoms with Crippen LogP contribution in [-0.2, 0) is 17.9 Å². The summed E-state index contributed by atoms with van der Waals surface area (Å²) in [7, 11) is 0. The quantitative estimate of drug-likeness (QED) is 0.274. The summed E-state index contributed by atoms with van der Waals surface area (Å²) in [5.41, 5.74) is 2.44. The van der Waals surface area contributed by atoms with Crippen LogP contribution in [0.2, 0.25) is 0 Å². The fourth-order valence-corrected chi connectivity index (χ4v) is 6.55. The molecule has 0 radical (unpaired) electrons. The summed E-state index contributed by atoms with van der Waals surface area (Å²) in [6.45, 7) is 6.71. The summed E-state index contributed by atoms with van der Waals surface area (Å²) in [5.74, 6) is 0.205. The number of hydrogen-bond donors (Lipinski definition) is 0. The van der Waals surface area contributed by atoms with Crippen LogP contribution in [0.25, 0.3) is 6.08 Å². The predicted octanol–water partition coefficient (Wildman–Crippen LogP) is 5.31. The Morgan fingerprint density at radius 3 is 2.34 bits per heavy atom. The van der Waals surface area contributed by atoms with Crippen molar-refractivity contribution in [1.29, 1.82) is 5.26 Å². The minimum absolute atomic E-state index is 0.0678. The van der Waals surface area contributed by atoms with Gasteiger partial charge in [0.05, 0.1) is 17.1 Å². The molecule has 0 bridgehead atoms. The number of nitriles is 1. The second-order valence-electron chi connectivity index (χ2n) is 9.98. The van der Waals surface area contributed by atoms with E-state index in [0.717, 1.165) is 5.56 Å². The number of halogens is 1. The number of benzene rings is 2. The fourth-order valence-electron chi connectivity index (χ4n) is 5.32. The maximum atomic E-state index is 14.5. The molecule has 2 fully saturated rings. The molecule has 2 saturated heterocycles. The number of hydrogen-bond acceptors (Lipinski definition) is 7. The largest absolute Gasteiger partial charge is 0.366 e. The van der Waals surface area contributed by atoms with Gasteiger partial charge in [-0.1, -0.05) is 73.4 Å². The maximum absolute atomic E-state index is 14.5. The van der Waals surface area contributed by atoms with E-state index in [4.69, 9.17) is 12.2 Å². The van der Waals surface area contributed by atoms with E-state index in [9.17, 15) is 19.2 Å². The normalized spacial score (nSPS) is 16.5. The lowest BCUT2D eigenvalue weighted by molar-refractivity contribution is -0.122. The molecular weight excluding hydrogens is 558 g/mol. The molecule has 5 rings (SSSR count). The van der Waals surface area contributed by atoms with Gasteiger partial charge in [0.1, 0.15) is 27.6 Å². The van der Waals surface area contributed by atoms with Gasteiger partial charge >= 0.3 is 0 Å². The monoisotopic (exact) mass is 587 g/mol. The summed E-state index contributed by atoms with van der Waals surface area (Å²) in [6.07, 6.45) is 2.47. The highest BCUT2D eigenvalue weighted by Crippen LogP contribution is 2.37. The number of amides is 1. The molecule has 0 N–H and O–H groups in total. The van der Waals surface area contributed by atoms with Crippen molar-refractivity contribution in [2.45, 2.75) is 33.4 Å². The Kier molecular flexibility index (Phi) is 8.57. The number of anilines is 2. The Morgan fingerprint density at radius 1 is 1.02 bits per heavy atom. The van der Waals surface area contributed by atoms with Crippen molar-refractivity contribution in [2.24, 2.45) is 0 Å². The molecule has 1 aromatic heterocycles. The van der Waals surface area contributed by atoms with E-state index in [0.29, 0.717) is 77.5 Å². The van der Waals surface area contributed by atoms with Gasteiger partial charge in [0.25, 0.3) is 11.5 Å². The number of pyridine rings is 1. The highest BCUT2D eigenvalue weighted by Gasteiger charge is 2.34. The second-order valence-corrected chi connectivity index (χ2v) is 11.7. The summed E-state index contributed by atoms with van der Waals surface area (Å²) in [4.78, 5) is 33.2. The van der Waals surface area contributed by atoms with Crippen molar-refractivity contribution in [1.82, 2.24) is 9.47 Å². The first-order chi connectivity index (χ1) is 19.8. The molecule has 3 heterocycles. The van der Waals surface area contributed by atoms with Gasteiger partial charge in [0.2, 0.25) is 0 Å². The topological polar surface area (TPSA) is 72.6 Å².